The number of rotatable bonds is 3. The SMILES string of the molecule is Nc1cccc2oc(NCc3ccccc3Br)nc12. The quantitative estimate of drug-likeness (QED) is 0.721. The molecule has 2 aromatic carbocycles. The number of aromatic nitrogens is 1. The Morgan fingerprint density at radius 1 is 1.16 bits per heavy atom. The molecule has 1 heterocycles. The van der Waals surface area contributed by atoms with Crippen LogP contribution in [-0.2, 0) is 6.54 Å². The fraction of sp³-hybridized carbons (Fsp3) is 0.0714. The van der Waals surface area contributed by atoms with Gasteiger partial charge in [-0.2, -0.15) is 4.98 Å². The van der Waals surface area contributed by atoms with E-state index in [1.807, 2.05) is 42.5 Å². The van der Waals surface area contributed by atoms with Gasteiger partial charge in [0, 0.05) is 11.0 Å². The van der Waals surface area contributed by atoms with Crippen molar-refractivity contribution < 1.29 is 4.42 Å². The van der Waals surface area contributed by atoms with Crippen LogP contribution in [-0.4, -0.2) is 4.98 Å². The number of nitrogens with zero attached hydrogens (tertiary/aromatic N) is 1. The van der Waals surface area contributed by atoms with Crippen LogP contribution < -0.4 is 11.1 Å². The highest BCUT2D eigenvalue weighted by atomic mass is 79.9. The van der Waals surface area contributed by atoms with Crippen LogP contribution in [0.15, 0.2) is 51.4 Å². The molecule has 0 aliphatic rings. The molecule has 0 unspecified atom stereocenters. The second kappa shape index (κ2) is 4.93. The number of benzene rings is 2. The molecule has 0 saturated heterocycles. The Balaban J connectivity index is 1.83. The Morgan fingerprint density at radius 3 is 2.79 bits per heavy atom. The number of nitrogen functional groups attached to an aromatic ring is 1. The normalized spacial score (nSPS) is 10.8. The fourth-order valence-electron chi connectivity index (χ4n) is 1.86. The maximum absolute atomic E-state index is 5.84. The van der Waals surface area contributed by atoms with Crippen LogP contribution in [0, 0.1) is 0 Å². The summed E-state index contributed by atoms with van der Waals surface area (Å²) in [5.74, 6) is 0. The summed E-state index contributed by atoms with van der Waals surface area (Å²) in [4.78, 5) is 4.34. The lowest BCUT2D eigenvalue weighted by atomic mass is 10.2. The molecule has 0 fully saturated rings. The lowest BCUT2D eigenvalue weighted by molar-refractivity contribution is 0.614. The zero-order valence-corrected chi connectivity index (χ0v) is 11.6. The van der Waals surface area contributed by atoms with Gasteiger partial charge in [0.15, 0.2) is 5.58 Å². The van der Waals surface area contributed by atoms with E-state index in [9.17, 15) is 0 Å². The lowest BCUT2D eigenvalue weighted by Gasteiger charge is -2.03. The highest BCUT2D eigenvalue weighted by Gasteiger charge is 2.08. The summed E-state index contributed by atoms with van der Waals surface area (Å²) in [5, 5.41) is 3.16. The largest absolute Gasteiger partial charge is 0.423 e. The van der Waals surface area contributed by atoms with Gasteiger partial charge < -0.3 is 15.5 Å². The van der Waals surface area contributed by atoms with Crippen molar-refractivity contribution >= 4 is 38.7 Å². The number of halogens is 1. The van der Waals surface area contributed by atoms with E-state index in [4.69, 9.17) is 10.2 Å². The number of nitrogens with two attached hydrogens (primary N) is 1. The molecule has 96 valence electrons. The van der Waals surface area contributed by atoms with Crippen molar-refractivity contribution in [3.63, 3.8) is 0 Å². The highest BCUT2D eigenvalue weighted by molar-refractivity contribution is 9.10. The molecule has 0 aliphatic heterocycles. The Hall–Kier alpha value is -2.01. The smallest absolute Gasteiger partial charge is 0.296 e. The van der Waals surface area contributed by atoms with Gasteiger partial charge >= 0.3 is 0 Å². The number of nitrogens with one attached hydrogen (secondary N) is 1. The number of para-hydroxylation sites is 1. The van der Waals surface area contributed by atoms with Crippen molar-refractivity contribution in [1.29, 1.82) is 0 Å². The summed E-state index contributed by atoms with van der Waals surface area (Å²) in [7, 11) is 0. The molecule has 19 heavy (non-hydrogen) atoms. The molecule has 0 radical (unpaired) electrons. The molecule has 3 N–H and O–H groups in total. The van der Waals surface area contributed by atoms with Gasteiger partial charge in [0.1, 0.15) is 5.52 Å². The van der Waals surface area contributed by atoms with Crippen molar-refractivity contribution in [2.45, 2.75) is 6.54 Å². The summed E-state index contributed by atoms with van der Waals surface area (Å²) in [6.45, 7) is 0.633. The van der Waals surface area contributed by atoms with Gasteiger partial charge in [-0.15, -0.1) is 0 Å². The number of oxazole rings is 1. The highest BCUT2D eigenvalue weighted by Crippen LogP contribution is 2.24. The van der Waals surface area contributed by atoms with Crippen LogP contribution in [0.4, 0.5) is 11.7 Å². The minimum Gasteiger partial charge on any atom is -0.423 e. The van der Waals surface area contributed by atoms with Crippen molar-refractivity contribution in [3.8, 4) is 0 Å². The van der Waals surface area contributed by atoms with Crippen LogP contribution in [0.5, 0.6) is 0 Å². The molecule has 0 saturated carbocycles. The summed E-state index contributed by atoms with van der Waals surface area (Å²) in [6.07, 6.45) is 0. The van der Waals surface area contributed by atoms with E-state index in [2.05, 4.69) is 26.2 Å². The van der Waals surface area contributed by atoms with E-state index in [1.54, 1.807) is 0 Å². The standard InChI is InChI=1S/C14H12BrN3O/c15-10-5-2-1-4-9(10)8-17-14-18-13-11(16)6-3-7-12(13)19-14/h1-7H,8,16H2,(H,17,18). The van der Waals surface area contributed by atoms with Gasteiger partial charge in [0.25, 0.3) is 6.01 Å². The summed E-state index contributed by atoms with van der Waals surface area (Å²) in [5.41, 5.74) is 8.98. The first-order valence-electron chi connectivity index (χ1n) is 5.86. The Bertz CT molecular complexity index is 724. The number of hydrogen-bond donors (Lipinski definition) is 2. The lowest BCUT2D eigenvalue weighted by Crippen LogP contribution is -2.00. The van der Waals surface area contributed by atoms with Gasteiger partial charge in [-0.3, -0.25) is 0 Å². The maximum atomic E-state index is 5.84. The van der Waals surface area contributed by atoms with E-state index >= 15 is 0 Å². The van der Waals surface area contributed by atoms with Crippen LogP contribution in [0.2, 0.25) is 0 Å². The monoisotopic (exact) mass is 317 g/mol. The second-order valence-electron chi connectivity index (χ2n) is 4.16. The fourth-order valence-corrected chi connectivity index (χ4v) is 2.28. The number of fused-ring (bicyclic) bond motifs is 1. The zero-order chi connectivity index (χ0) is 13.2. The maximum Gasteiger partial charge on any atom is 0.296 e. The van der Waals surface area contributed by atoms with E-state index in [1.165, 1.54) is 0 Å². The van der Waals surface area contributed by atoms with Gasteiger partial charge in [-0.1, -0.05) is 40.2 Å². The molecule has 1 aromatic heterocycles. The molecule has 0 atom stereocenters. The first kappa shape index (κ1) is 12.0. The summed E-state index contributed by atoms with van der Waals surface area (Å²) in [6, 6.07) is 14.0. The molecule has 0 bridgehead atoms. The Morgan fingerprint density at radius 2 is 2.00 bits per heavy atom. The van der Waals surface area contributed by atoms with Crippen molar-refractivity contribution in [2.24, 2.45) is 0 Å². The average Bonchev–Trinajstić information content (AvgIpc) is 2.82. The third kappa shape index (κ3) is 2.42. The van der Waals surface area contributed by atoms with Crippen LogP contribution in [0.25, 0.3) is 11.1 Å². The van der Waals surface area contributed by atoms with Crippen LogP contribution in [0.3, 0.4) is 0 Å². The van der Waals surface area contributed by atoms with Gasteiger partial charge in [0.2, 0.25) is 0 Å². The molecule has 0 spiro atoms. The topological polar surface area (TPSA) is 64.1 Å². The van der Waals surface area contributed by atoms with E-state index in [0.717, 1.165) is 10.0 Å². The summed E-state index contributed by atoms with van der Waals surface area (Å²) < 4.78 is 6.65. The predicted octanol–water partition coefficient (Wildman–Crippen LogP) is 3.78. The Kier molecular flexibility index (Phi) is 3.13. The molecule has 0 amide bonds. The number of anilines is 2. The van der Waals surface area contributed by atoms with Crippen molar-refractivity contribution in [2.75, 3.05) is 11.1 Å². The van der Waals surface area contributed by atoms with Gasteiger partial charge in [0.05, 0.1) is 5.69 Å². The molecule has 5 heteroatoms. The van der Waals surface area contributed by atoms with E-state index in [-0.39, 0.29) is 0 Å². The van der Waals surface area contributed by atoms with Crippen LogP contribution in [0.1, 0.15) is 5.56 Å². The van der Waals surface area contributed by atoms with Crippen molar-refractivity contribution in [3.05, 3.63) is 52.5 Å². The minimum absolute atomic E-state index is 0.476. The minimum atomic E-state index is 0.476. The summed E-state index contributed by atoms with van der Waals surface area (Å²) >= 11 is 3.51. The number of hydrogen-bond acceptors (Lipinski definition) is 4. The molecule has 3 rings (SSSR count). The van der Waals surface area contributed by atoms with Gasteiger partial charge in [-0.25, -0.2) is 0 Å². The van der Waals surface area contributed by atoms with Crippen molar-refractivity contribution in [1.82, 2.24) is 4.98 Å². The Labute approximate surface area is 118 Å². The third-order valence-corrected chi connectivity index (χ3v) is 3.61. The predicted molar refractivity (Wildman–Crippen MR) is 79.9 cm³/mol. The molecular formula is C14H12BrN3O. The van der Waals surface area contributed by atoms with Crippen LogP contribution >= 0.6 is 15.9 Å². The third-order valence-electron chi connectivity index (χ3n) is 2.84. The first-order valence-corrected chi connectivity index (χ1v) is 6.65. The average molecular weight is 318 g/mol. The van der Waals surface area contributed by atoms with E-state index < -0.39 is 0 Å². The molecule has 3 aromatic rings. The zero-order valence-electron chi connectivity index (χ0n) is 10.1. The second-order valence-corrected chi connectivity index (χ2v) is 5.01. The van der Waals surface area contributed by atoms with E-state index in [0.29, 0.717) is 29.3 Å². The first-order chi connectivity index (χ1) is 9.24. The molecule has 4 nitrogen and oxygen atoms in total. The molecular weight excluding hydrogens is 306 g/mol. The van der Waals surface area contributed by atoms with Gasteiger partial charge in [-0.05, 0) is 23.8 Å². The molecule has 0 aliphatic carbocycles.